The van der Waals surface area contributed by atoms with Gasteiger partial charge in [-0.05, 0) is 31.1 Å². The number of nitrogens with zero attached hydrogens (tertiary/aromatic N) is 1. The zero-order valence-corrected chi connectivity index (χ0v) is 7.92. The molecule has 0 aromatic heterocycles. The third-order valence-electron chi connectivity index (χ3n) is 3.06. The lowest BCUT2D eigenvalue weighted by Crippen LogP contribution is -2.57. The van der Waals surface area contributed by atoms with Crippen molar-refractivity contribution >= 4 is 0 Å². The van der Waals surface area contributed by atoms with Gasteiger partial charge in [-0.1, -0.05) is 19.0 Å². The van der Waals surface area contributed by atoms with Gasteiger partial charge < -0.3 is 5.73 Å². The lowest BCUT2D eigenvalue weighted by Gasteiger charge is -2.48. The van der Waals surface area contributed by atoms with E-state index in [0.717, 1.165) is 25.2 Å². The van der Waals surface area contributed by atoms with Crippen LogP contribution in [0, 0.1) is 16.7 Å². The summed E-state index contributed by atoms with van der Waals surface area (Å²) < 4.78 is 0. The van der Waals surface area contributed by atoms with E-state index in [0.29, 0.717) is 12.5 Å². The first-order valence-electron chi connectivity index (χ1n) is 4.70. The molecule has 2 N–H and O–H groups in total. The Kier molecular flexibility index (Phi) is 2.83. The normalized spacial score (nSPS) is 37.1. The van der Waals surface area contributed by atoms with Gasteiger partial charge in [0.25, 0.3) is 0 Å². The molecule has 0 spiro atoms. The zero-order valence-electron chi connectivity index (χ0n) is 7.92. The molecule has 1 atom stereocenters. The Hall–Kier alpha value is -0.440. The summed E-state index contributed by atoms with van der Waals surface area (Å²) in [5.74, 6) is 1.03. The fourth-order valence-electron chi connectivity index (χ4n) is 2.38. The third kappa shape index (κ3) is 1.66. The van der Waals surface area contributed by atoms with Crippen LogP contribution >= 0.6 is 0 Å². The second-order valence-corrected chi connectivity index (χ2v) is 4.16. The van der Waals surface area contributed by atoms with E-state index in [2.05, 4.69) is 19.0 Å². The molecule has 1 saturated carbocycles. The summed E-state index contributed by atoms with van der Waals surface area (Å²) in [5, 5.41) is 2.95. The molecule has 0 unspecified atom stereocenters. The van der Waals surface area contributed by atoms with Crippen molar-refractivity contribution in [3.8, 4) is 0 Å². The number of nitrogens with two attached hydrogens (primary N) is 1. The van der Waals surface area contributed by atoms with Gasteiger partial charge in [0.15, 0.2) is 0 Å². The quantitative estimate of drug-likeness (QED) is 0.655. The van der Waals surface area contributed by atoms with E-state index in [1.54, 1.807) is 0 Å². The number of hydrogen-bond donors (Lipinski definition) is 1. The van der Waals surface area contributed by atoms with Crippen molar-refractivity contribution in [2.24, 2.45) is 22.7 Å². The monoisotopic (exact) mass is 170 g/mol. The Labute approximate surface area is 73.7 Å². The highest BCUT2D eigenvalue weighted by Gasteiger charge is 2.43. The van der Waals surface area contributed by atoms with Gasteiger partial charge in [0.2, 0.25) is 0 Å². The van der Waals surface area contributed by atoms with Crippen LogP contribution in [0.2, 0.25) is 0 Å². The average Bonchev–Trinajstić information content (AvgIpc) is 1.97. The lowest BCUT2D eigenvalue weighted by atomic mass is 9.62. The molecule has 0 bridgehead atoms. The third-order valence-corrected chi connectivity index (χ3v) is 3.06. The Morgan fingerprint density at radius 1 is 1.67 bits per heavy atom. The van der Waals surface area contributed by atoms with E-state index in [9.17, 15) is 4.91 Å². The van der Waals surface area contributed by atoms with Crippen LogP contribution < -0.4 is 5.73 Å². The molecule has 1 rings (SSSR count). The van der Waals surface area contributed by atoms with Gasteiger partial charge >= 0.3 is 0 Å². The maximum Gasteiger partial charge on any atom is 0.0856 e. The van der Waals surface area contributed by atoms with Gasteiger partial charge in [-0.25, -0.2) is 0 Å². The van der Waals surface area contributed by atoms with E-state index in [-0.39, 0.29) is 5.54 Å². The van der Waals surface area contributed by atoms with Crippen molar-refractivity contribution in [1.82, 2.24) is 0 Å². The van der Waals surface area contributed by atoms with Crippen LogP contribution in [0.25, 0.3) is 0 Å². The number of hydrogen-bond acceptors (Lipinski definition) is 3. The molecule has 12 heavy (non-hydrogen) atoms. The summed E-state index contributed by atoms with van der Waals surface area (Å²) >= 11 is 0. The van der Waals surface area contributed by atoms with Gasteiger partial charge in [-0.3, -0.25) is 0 Å². The van der Waals surface area contributed by atoms with Gasteiger partial charge in [0.1, 0.15) is 0 Å². The first-order valence-corrected chi connectivity index (χ1v) is 4.70. The van der Waals surface area contributed by atoms with Crippen molar-refractivity contribution < 1.29 is 0 Å². The van der Waals surface area contributed by atoms with Crippen molar-refractivity contribution in [2.75, 3.05) is 6.54 Å². The fourth-order valence-corrected chi connectivity index (χ4v) is 2.38. The van der Waals surface area contributed by atoms with Crippen LogP contribution in [-0.2, 0) is 0 Å². The molecule has 0 aliphatic heterocycles. The minimum atomic E-state index is -0.0813. The Morgan fingerprint density at radius 2 is 2.25 bits per heavy atom. The van der Waals surface area contributed by atoms with Crippen LogP contribution in [0.5, 0.6) is 0 Å². The van der Waals surface area contributed by atoms with Gasteiger partial charge in [0.05, 0.1) is 6.54 Å². The van der Waals surface area contributed by atoms with E-state index in [1.807, 2.05) is 0 Å². The molecule has 0 heterocycles. The largest absolute Gasteiger partial charge is 0.325 e. The molecule has 3 nitrogen and oxygen atoms in total. The number of nitroso groups, excluding NO2 is 1. The van der Waals surface area contributed by atoms with Crippen molar-refractivity contribution in [2.45, 2.75) is 38.6 Å². The average molecular weight is 170 g/mol. The highest BCUT2D eigenvalue weighted by atomic mass is 16.3. The van der Waals surface area contributed by atoms with E-state index >= 15 is 0 Å². The lowest BCUT2D eigenvalue weighted by molar-refractivity contribution is 0.0935. The fraction of sp³-hybridized carbons (Fsp3) is 1.00. The van der Waals surface area contributed by atoms with Crippen LogP contribution in [0.15, 0.2) is 5.18 Å². The van der Waals surface area contributed by atoms with Crippen LogP contribution in [0.3, 0.4) is 0 Å². The van der Waals surface area contributed by atoms with Crippen molar-refractivity contribution in [1.29, 1.82) is 0 Å². The van der Waals surface area contributed by atoms with Crippen LogP contribution in [0.1, 0.15) is 33.1 Å². The molecule has 0 radical (unpaired) electrons. The Morgan fingerprint density at radius 3 is 2.58 bits per heavy atom. The summed E-state index contributed by atoms with van der Waals surface area (Å²) in [5.41, 5.74) is 6.05. The molecular formula is C9H18N2O. The summed E-state index contributed by atoms with van der Waals surface area (Å²) in [6.45, 7) is 4.67. The van der Waals surface area contributed by atoms with Gasteiger partial charge in [0, 0.05) is 5.54 Å². The zero-order chi connectivity index (χ0) is 9.19. The van der Waals surface area contributed by atoms with Crippen molar-refractivity contribution in [3.63, 3.8) is 0 Å². The molecule has 1 aliphatic rings. The molecule has 0 amide bonds. The molecule has 70 valence electrons. The second-order valence-electron chi connectivity index (χ2n) is 4.16. The van der Waals surface area contributed by atoms with E-state index < -0.39 is 0 Å². The summed E-state index contributed by atoms with van der Waals surface area (Å²) in [6, 6.07) is 0. The van der Waals surface area contributed by atoms with Crippen molar-refractivity contribution in [3.05, 3.63) is 4.91 Å². The molecule has 0 aromatic rings. The van der Waals surface area contributed by atoms with E-state index in [4.69, 9.17) is 5.73 Å². The minimum Gasteiger partial charge on any atom is -0.325 e. The second kappa shape index (κ2) is 3.52. The predicted octanol–water partition coefficient (Wildman–Crippen LogP) is 1.91. The van der Waals surface area contributed by atoms with Crippen LogP contribution in [-0.4, -0.2) is 12.1 Å². The summed E-state index contributed by atoms with van der Waals surface area (Å²) in [6.07, 6.45) is 3.08. The summed E-state index contributed by atoms with van der Waals surface area (Å²) in [4.78, 5) is 10.1. The summed E-state index contributed by atoms with van der Waals surface area (Å²) in [7, 11) is 0. The first-order chi connectivity index (χ1) is 5.62. The molecule has 0 saturated heterocycles. The topological polar surface area (TPSA) is 55.5 Å². The maximum atomic E-state index is 10.1. The van der Waals surface area contributed by atoms with Gasteiger partial charge in [-0.15, -0.1) is 0 Å². The molecule has 0 aromatic carbocycles. The molecule has 3 heteroatoms. The SMILES string of the molecule is CC[C@@H](CN=O)C1(N)CC(C)C1. The Bertz CT molecular complexity index is 164. The van der Waals surface area contributed by atoms with Crippen LogP contribution in [0.4, 0.5) is 0 Å². The highest BCUT2D eigenvalue weighted by molar-refractivity contribution is 5.01. The molecule has 1 aliphatic carbocycles. The molecular weight excluding hydrogens is 152 g/mol. The number of rotatable bonds is 4. The molecule has 1 fully saturated rings. The minimum absolute atomic E-state index is 0.0813. The highest BCUT2D eigenvalue weighted by Crippen LogP contribution is 2.41. The Balaban J connectivity index is 2.48. The first kappa shape index (κ1) is 9.65. The predicted molar refractivity (Wildman–Crippen MR) is 49.8 cm³/mol. The standard InChI is InChI=1S/C9H18N2O/c1-3-8(6-11-12)9(10)4-7(2)5-9/h7-8H,3-6,10H2,1-2H3/t7?,8-,9?/m0/s1. The smallest absolute Gasteiger partial charge is 0.0856 e. The van der Waals surface area contributed by atoms with E-state index in [1.165, 1.54) is 0 Å². The van der Waals surface area contributed by atoms with Gasteiger partial charge in [-0.2, -0.15) is 4.91 Å². The maximum absolute atomic E-state index is 10.1.